The number of nitrogens with one attached hydrogen (secondary N) is 2. The zero-order valence-electron chi connectivity index (χ0n) is 18.3. The van der Waals surface area contributed by atoms with E-state index < -0.39 is 0 Å². The van der Waals surface area contributed by atoms with Crippen LogP contribution in [-0.4, -0.2) is 53.6 Å². The summed E-state index contributed by atoms with van der Waals surface area (Å²) < 4.78 is 6.08. The number of rotatable bonds is 6. The maximum Gasteiger partial charge on any atom is 0.194 e. The quantitative estimate of drug-likeness (QED) is 0.213. The minimum absolute atomic E-state index is 0. The van der Waals surface area contributed by atoms with Crippen LogP contribution >= 0.6 is 24.0 Å². The number of aryl methyl sites for hydroxylation is 2. The summed E-state index contributed by atoms with van der Waals surface area (Å²) in [5.41, 5.74) is 4.67. The van der Waals surface area contributed by atoms with Crippen LogP contribution < -0.4 is 5.32 Å². The van der Waals surface area contributed by atoms with Crippen molar-refractivity contribution >= 4 is 41.0 Å². The Kier molecular flexibility index (Phi) is 8.71. The number of hydrogen-bond acceptors (Lipinski definition) is 3. The zero-order chi connectivity index (χ0) is 20.8. The Morgan fingerprint density at radius 1 is 1.23 bits per heavy atom. The molecule has 7 heteroatoms. The van der Waals surface area contributed by atoms with Gasteiger partial charge in [-0.25, -0.2) is 4.98 Å². The average Bonchev–Trinajstić information content (AvgIpc) is 3.19. The lowest BCUT2D eigenvalue weighted by Crippen LogP contribution is -2.48. The van der Waals surface area contributed by atoms with E-state index in [2.05, 4.69) is 64.4 Å². The van der Waals surface area contributed by atoms with Crippen LogP contribution in [0.25, 0.3) is 11.0 Å². The van der Waals surface area contributed by atoms with Crippen molar-refractivity contribution in [1.29, 1.82) is 0 Å². The first-order chi connectivity index (χ1) is 14.7. The molecule has 0 radical (unpaired) electrons. The molecule has 2 N–H and O–H groups in total. The Hall–Kier alpha value is -2.13. The van der Waals surface area contributed by atoms with Crippen LogP contribution in [0.2, 0.25) is 0 Å². The molecule has 1 aliphatic rings. The van der Waals surface area contributed by atoms with Crippen LogP contribution in [0.15, 0.2) is 53.5 Å². The number of aliphatic imine (C=N–C) groups is 1. The normalized spacial score (nSPS) is 16.9. The lowest BCUT2D eigenvalue weighted by atomic mass is 10.0. The number of imidazole rings is 1. The summed E-state index contributed by atoms with van der Waals surface area (Å²) in [5, 5.41) is 3.46. The van der Waals surface area contributed by atoms with Gasteiger partial charge in [0.2, 0.25) is 0 Å². The molecule has 1 saturated heterocycles. The number of ether oxygens (including phenoxy) is 1. The van der Waals surface area contributed by atoms with Gasteiger partial charge in [0, 0.05) is 26.1 Å². The molecule has 31 heavy (non-hydrogen) atoms. The van der Waals surface area contributed by atoms with Gasteiger partial charge in [-0.15, -0.1) is 24.0 Å². The molecule has 1 fully saturated rings. The van der Waals surface area contributed by atoms with Gasteiger partial charge < -0.3 is 19.9 Å². The topological polar surface area (TPSA) is 65.5 Å². The zero-order valence-corrected chi connectivity index (χ0v) is 20.6. The van der Waals surface area contributed by atoms with E-state index in [1.807, 2.05) is 18.2 Å². The molecule has 2 aromatic carbocycles. The molecule has 1 aliphatic heterocycles. The molecule has 0 bridgehead atoms. The fourth-order valence-electron chi connectivity index (χ4n) is 3.96. The first-order valence-corrected chi connectivity index (χ1v) is 10.9. The van der Waals surface area contributed by atoms with Crippen molar-refractivity contribution in [3.63, 3.8) is 0 Å². The molecular weight excluding hydrogens is 501 g/mol. The highest BCUT2D eigenvalue weighted by atomic mass is 127. The Labute approximate surface area is 201 Å². The van der Waals surface area contributed by atoms with Crippen LogP contribution in [0.4, 0.5) is 0 Å². The third-order valence-corrected chi connectivity index (χ3v) is 5.51. The van der Waals surface area contributed by atoms with E-state index in [1.54, 1.807) is 0 Å². The maximum absolute atomic E-state index is 6.08. The Balaban J connectivity index is 0.00000272. The Morgan fingerprint density at radius 2 is 2.03 bits per heavy atom. The molecule has 0 spiro atoms. The number of morpholine rings is 1. The number of para-hydroxylation sites is 2. The van der Waals surface area contributed by atoms with Gasteiger partial charge in [-0.05, 0) is 43.5 Å². The van der Waals surface area contributed by atoms with Crippen LogP contribution in [0.1, 0.15) is 36.4 Å². The van der Waals surface area contributed by atoms with E-state index in [4.69, 9.17) is 9.73 Å². The highest BCUT2D eigenvalue weighted by Gasteiger charge is 2.25. The van der Waals surface area contributed by atoms with Crippen molar-refractivity contribution in [3.8, 4) is 0 Å². The summed E-state index contributed by atoms with van der Waals surface area (Å²) >= 11 is 0. The molecule has 6 nitrogen and oxygen atoms in total. The molecule has 0 amide bonds. The molecule has 1 atom stereocenters. The van der Waals surface area contributed by atoms with Crippen molar-refractivity contribution < 1.29 is 4.74 Å². The van der Waals surface area contributed by atoms with Gasteiger partial charge in [-0.3, -0.25) is 4.99 Å². The number of fused-ring (bicyclic) bond motifs is 1. The number of aromatic nitrogens is 2. The van der Waals surface area contributed by atoms with Gasteiger partial charge in [0.1, 0.15) is 11.9 Å². The van der Waals surface area contributed by atoms with E-state index in [0.29, 0.717) is 6.61 Å². The lowest BCUT2D eigenvalue weighted by Gasteiger charge is -2.35. The number of hydrogen-bond donors (Lipinski definition) is 2. The number of halogens is 1. The minimum atomic E-state index is 0. The molecular formula is C24H32IN5O. The summed E-state index contributed by atoms with van der Waals surface area (Å²) in [4.78, 5) is 15.3. The van der Waals surface area contributed by atoms with Gasteiger partial charge >= 0.3 is 0 Å². The summed E-state index contributed by atoms with van der Waals surface area (Å²) in [6.07, 6.45) is 1.94. The lowest BCUT2D eigenvalue weighted by molar-refractivity contribution is -0.00832. The summed E-state index contributed by atoms with van der Waals surface area (Å²) in [6.45, 7) is 8.28. The van der Waals surface area contributed by atoms with Crippen molar-refractivity contribution in [2.75, 3.05) is 32.8 Å². The number of guanidine groups is 1. The smallest absolute Gasteiger partial charge is 0.194 e. The number of nitrogens with zero attached hydrogens (tertiary/aromatic N) is 3. The SMILES string of the molecule is CCNC(=NCCCc1nc2ccccc2[nH]1)N1CCOC(c2ccccc2C)C1.I. The van der Waals surface area contributed by atoms with Gasteiger partial charge in [0.05, 0.1) is 24.2 Å². The molecule has 1 aromatic heterocycles. The van der Waals surface area contributed by atoms with E-state index in [-0.39, 0.29) is 30.1 Å². The molecule has 0 aliphatic carbocycles. The first-order valence-electron chi connectivity index (χ1n) is 10.9. The third-order valence-electron chi connectivity index (χ3n) is 5.51. The van der Waals surface area contributed by atoms with Crippen molar-refractivity contribution in [2.24, 2.45) is 4.99 Å². The van der Waals surface area contributed by atoms with E-state index in [9.17, 15) is 0 Å². The summed E-state index contributed by atoms with van der Waals surface area (Å²) in [7, 11) is 0. The number of benzene rings is 2. The van der Waals surface area contributed by atoms with E-state index >= 15 is 0 Å². The third kappa shape index (κ3) is 5.98. The monoisotopic (exact) mass is 533 g/mol. The highest BCUT2D eigenvalue weighted by Crippen LogP contribution is 2.25. The van der Waals surface area contributed by atoms with Crippen LogP contribution in [0, 0.1) is 6.92 Å². The number of H-pyrrole nitrogens is 1. The first kappa shape index (κ1) is 23.5. The van der Waals surface area contributed by atoms with Crippen molar-refractivity contribution in [1.82, 2.24) is 20.2 Å². The molecule has 0 saturated carbocycles. The standard InChI is InChI=1S/C24H31N5O.HI/c1-3-25-24(26-14-8-13-23-27-20-11-6-7-12-21(20)28-23)29-15-16-30-22(17-29)19-10-5-4-9-18(19)2;/h4-7,9-12,22H,3,8,13-17H2,1-2H3,(H,25,26)(H,27,28);1H. The average molecular weight is 533 g/mol. The molecule has 166 valence electrons. The van der Waals surface area contributed by atoms with Gasteiger partial charge in [-0.2, -0.15) is 0 Å². The van der Waals surface area contributed by atoms with Gasteiger partial charge in [-0.1, -0.05) is 36.4 Å². The second-order valence-corrected chi connectivity index (χ2v) is 7.70. The molecule has 2 heterocycles. The van der Waals surface area contributed by atoms with Crippen LogP contribution in [0.5, 0.6) is 0 Å². The van der Waals surface area contributed by atoms with E-state index in [0.717, 1.165) is 61.8 Å². The van der Waals surface area contributed by atoms with E-state index in [1.165, 1.54) is 11.1 Å². The minimum Gasteiger partial charge on any atom is -0.370 e. The molecule has 3 aromatic rings. The maximum atomic E-state index is 6.08. The van der Waals surface area contributed by atoms with Crippen LogP contribution in [-0.2, 0) is 11.2 Å². The predicted octanol–water partition coefficient (Wildman–Crippen LogP) is 4.46. The second kappa shape index (κ2) is 11.5. The molecule has 4 rings (SSSR count). The Morgan fingerprint density at radius 3 is 2.84 bits per heavy atom. The van der Waals surface area contributed by atoms with Gasteiger partial charge in [0.25, 0.3) is 0 Å². The largest absolute Gasteiger partial charge is 0.370 e. The predicted molar refractivity (Wildman–Crippen MR) is 137 cm³/mol. The van der Waals surface area contributed by atoms with Crippen molar-refractivity contribution in [3.05, 3.63) is 65.5 Å². The fraction of sp³-hybridized carbons (Fsp3) is 0.417. The van der Waals surface area contributed by atoms with Gasteiger partial charge in [0.15, 0.2) is 5.96 Å². The number of aromatic amines is 1. The van der Waals surface area contributed by atoms with Crippen molar-refractivity contribution in [2.45, 2.75) is 32.8 Å². The highest BCUT2D eigenvalue weighted by molar-refractivity contribution is 14.0. The fourth-order valence-corrected chi connectivity index (χ4v) is 3.96. The summed E-state index contributed by atoms with van der Waals surface area (Å²) in [5.74, 6) is 2.01. The Bertz CT molecular complexity index is 969. The molecule has 1 unspecified atom stereocenters. The summed E-state index contributed by atoms with van der Waals surface area (Å²) in [6, 6.07) is 16.6. The second-order valence-electron chi connectivity index (χ2n) is 7.70. The van der Waals surface area contributed by atoms with Crippen LogP contribution in [0.3, 0.4) is 0 Å².